The molecule has 1 N–H and O–H groups in total. The highest BCUT2D eigenvalue weighted by Gasteiger charge is 2.35. The van der Waals surface area contributed by atoms with Gasteiger partial charge in [0.15, 0.2) is 0 Å². The number of aliphatic hydroxyl groups is 1. The molecule has 1 aliphatic carbocycles. The number of aryl methyl sites for hydroxylation is 1. The fraction of sp³-hybridized carbons (Fsp3) is 0.684. The van der Waals surface area contributed by atoms with Crippen LogP contribution < -0.4 is 0 Å². The van der Waals surface area contributed by atoms with Crippen molar-refractivity contribution in [2.45, 2.75) is 58.0 Å². The van der Waals surface area contributed by atoms with Gasteiger partial charge < -0.3 is 10.0 Å². The molecule has 3 rings (SSSR count). The maximum absolute atomic E-state index is 10.5. The van der Waals surface area contributed by atoms with E-state index in [0.29, 0.717) is 5.41 Å². The quantitative estimate of drug-likeness (QED) is 0.905. The Bertz CT molecular complexity index is 454. The Balaban J connectivity index is 1.54. The Morgan fingerprint density at radius 1 is 1.05 bits per heavy atom. The lowest BCUT2D eigenvalue weighted by atomic mass is 9.68. The molecule has 2 fully saturated rings. The van der Waals surface area contributed by atoms with Gasteiger partial charge in [-0.3, -0.25) is 0 Å². The summed E-state index contributed by atoms with van der Waals surface area (Å²) in [6, 6.07) is 8.22. The van der Waals surface area contributed by atoms with Crippen LogP contribution in [-0.2, 0) is 0 Å². The zero-order valence-electron chi connectivity index (χ0n) is 13.4. The molecule has 1 spiro atoms. The van der Waals surface area contributed by atoms with Crippen molar-refractivity contribution >= 4 is 0 Å². The summed E-state index contributed by atoms with van der Waals surface area (Å²) in [4.78, 5) is 2.47. The second-order valence-electron chi connectivity index (χ2n) is 7.23. The molecule has 0 bridgehead atoms. The van der Waals surface area contributed by atoms with Crippen molar-refractivity contribution in [2.24, 2.45) is 5.41 Å². The molecular formula is C19H29NO. The lowest BCUT2D eigenvalue weighted by Crippen LogP contribution is -2.42. The van der Waals surface area contributed by atoms with Gasteiger partial charge in [0.25, 0.3) is 0 Å². The third kappa shape index (κ3) is 3.49. The van der Waals surface area contributed by atoms with Crippen molar-refractivity contribution in [3.05, 3.63) is 35.4 Å². The fourth-order valence-corrected chi connectivity index (χ4v) is 4.32. The van der Waals surface area contributed by atoms with Gasteiger partial charge >= 0.3 is 0 Å². The van der Waals surface area contributed by atoms with Crippen LogP contribution in [0.5, 0.6) is 0 Å². The van der Waals surface area contributed by atoms with Gasteiger partial charge in [0.2, 0.25) is 0 Å². The number of hydrogen-bond donors (Lipinski definition) is 1. The number of nitrogens with zero attached hydrogens (tertiary/aromatic N) is 1. The standard InChI is InChI=1S/C19H29NO/c1-16-7-3-4-8-17(16)18(21)15-20-13-11-19(12-14-20)9-5-2-6-10-19/h3-4,7-8,18,21H,2,5-6,9-15H2,1H3. The van der Waals surface area contributed by atoms with E-state index in [2.05, 4.69) is 24.0 Å². The van der Waals surface area contributed by atoms with E-state index in [1.165, 1.54) is 63.6 Å². The van der Waals surface area contributed by atoms with Gasteiger partial charge in [0, 0.05) is 6.54 Å². The predicted octanol–water partition coefficient (Wildman–Crippen LogP) is 4.07. The molecule has 2 nitrogen and oxygen atoms in total. The molecular weight excluding hydrogens is 258 g/mol. The zero-order valence-corrected chi connectivity index (χ0v) is 13.4. The minimum absolute atomic E-state index is 0.341. The topological polar surface area (TPSA) is 23.5 Å². The average molecular weight is 287 g/mol. The van der Waals surface area contributed by atoms with Crippen LogP contribution in [0, 0.1) is 12.3 Å². The first-order chi connectivity index (χ1) is 10.2. The smallest absolute Gasteiger partial charge is 0.0919 e. The Morgan fingerprint density at radius 3 is 2.38 bits per heavy atom. The predicted molar refractivity (Wildman–Crippen MR) is 87.3 cm³/mol. The Kier molecular flexibility index (Phi) is 4.66. The highest BCUT2D eigenvalue weighted by atomic mass is 16.3. The van der Waals surface area contributed by atoms with E-state index in [1.807, 2.05) is 12.1 Å². The molecule has 1 aliphatic heterocycles. The largest absolute Gasteiger partial charge is 0.387 e. The molecule has 21 heavy (non-hydrogen) atoms. The molecule has 1 aromatic carbocycles. The molecule has 116 valence electrons. The summed E-state index contributed by atoms with van der Waals surface area (Å²) < 4.78 is 0. The molecule has 0 radical (unpaired) electrons. The average Bonchev–Trinajstić information content (AvgIpc) is 2.51. The van der Waals surface area contributed by atoms with E-state index in [9.17, 15) is 5.11 Å². The van der Waals surface area contributed by atoms with Crippen LogP contribution in [0.15, 0.2) is 24.3 Å². The van der Waals surface area contributed by atoms with Gasteiger partial charge in [-0.1, -0.05) is 43.5 Å². The molecule has 1 saturated carbocycles. The molecule has 2 heteroatoms. The van der Waals surface area contributed by atoms with Crippen LogP contribution in [0.4, 0.5) is 0 Å². The monoisotopic (exact) mass is 287 g/mol. The van der Waals surface area contributed by atoms with Crippen LogP contribution in [-0.4, -0.2) is 29.6 Å². The second-order valence-corrected chi connectivity index (χ2v) is 7.23. The van der Waals surface area contributed by atoms with Crippen LogP contribution in [0.1, 0.15) is 62.2 Å². The van der Waals surface area contributed by atoms with Gasteiger partial charge in [-0.25, -0.2) is 0 Å². The van der Waals surface area contributed by atoms with Crippen molar-refractivity contribution in [2.75, 3.05) is 19.6 Å². The van der Waals surface area contributed by atoms with E-state index < -0.39 is 0 Å². The van der Waals surface area contributed by atoms with E-state index >= 15 is 0 Å². The van der Waals surface area contributed by atoms with E-state index in [4.69, 9.17) is 0 Å². The molecule has 1 heterocycles. The third-order valence-corrected chi connectivity index (χ3v) is 5.81. The summed E-state index contributed by atoms with van der Waals surface area (Å²) in [5, 5.41) is 10.5. The number of hydrogen-bond acceptors (Lipinski definition) is 2. The van der Waals surface area contributed by atoms with Gasteiger partial charge in [-0.2, -0.15) is 0 Å². The summed E-state index contributed by atoms with van der Waals surface area (Å²) >= 11 is 0. The first kappa shape index (κ1) is 15.1. The van der Waals surface area contributed by atoms with Crippen molar-refractivity contribution in [3.8, 4) is 0 Å². The third-order valence-electron chi connectivity index (χ3n) is 5.81. The summed E-state index contributed by atoms with van der Waals surface area (Å²) in [5.41, 5.74) is 2.95. The fourth-order valence-electron chi connectivity index (χ4n) is 4.32. The van der Waals surface area contributed by atoms with Crippen LogP contribution in [0.2, 0.25) is 0 Å². The summed E-state index contributed by atoms with van der Waals surface area (Å²) in [5.74, 6) is 0. The van der Waals surface area contributed by atoms with Gasteiger partial charge in [0.05, 0.1) is 6.10 Å². The minimum atomic E-state index is -0.341. The van der Waals surface area contributed by atoms with Crippen LogP contribution in [0.3, 0.4) is 0 Å². The molecule has 1 saturated heterocycles. The first-order valence-corrected chi connectivity index (χ1v) is 8.65. The lowest BCUT2D eigenvalue weighted by molar-refractivity contribution is 0.0378. The lowest BCUT2D eigenvalue weighted by Gasteiger charge is -2.44. The maximum Gasteiger partial charge on any atom is 0.0919 e. The summed E-state index contributed by atoms with van der Waals surface area (Å²) in [6.07, 6.45) is 9.55. The molecule has 2 aliphatic rings. The molecule has 0 amide bonds. The van der Waals surface area contributed by atoms with Crippen LogP contribution in [0.25, 0.3) is 0 Å². The summed E-state index contributed by atoms with van der Waals surface area (Å²) in [7, 11) is 0. The SMILES string of the molecule is Cc1ccccc1C(O)CN1CCC2(CCCCC2)CC1. The highest BCUT2D eigenvalue weighted by molar-refractivity contribution is 5.27. The number of piperidine rings is 1. The van der Waals surface area contributed by atoms with Crippen molar-refractivity contribution in [1.29, 1.82) is 0 Å². The van der Waals surface area contributed by atoms with Gasteiger partial charge in [-0.05, 0) is 62.2 Å². The molecule has 1 aromatic rings. The van der Waals surface area contributed by atoms with Crippen LogP contribution >= 0.6 is 0 Å². The molecule has 1 atom stereocenters. The number of rotatable bonds is 3. The molecule has 1 unspecified atom stereocenters. The minimum Gasteiger partial charge on any atom is -0.387 e. The van der Waals surface area contributed by atoms with Crippen molar-refractivity contribution in [3.63, 3.8) is 0 Å². The number of β-amino-alcohol motifs (C(OH)–C–C–N with tert-alkyl or cyclic N) is 1. The first-order valence-electron chi connectivity index (χ1n) is 8.65. The Morgan fingerprint density at radius 2 is 1.71 bits per heavy atom. The van der Waals surface area contributed by atoms with Crippen molar-refractivity contribution < 1.29 is 5.11 Å². The van der Waals surface area contributed by atoms with Gasteiger partial charge in [0.1, 0.15) is 0 Å². The van der Waals surface area contributed by atoms with E-state index in [-0.39, 0.29) is 6.10 Å². The molecule has 0 aromatic heterocycles. The van der Waals surface area contributed by atoms with E-state index in [1.54, 1.807) is 0 Å². The number of benzene rings is 1. The Labute approximate surface area is 129 Å². The zero-order chi connectivity index (χ0) is 14.7. The Hall–Kier alpha value is -0.860. The number of aliphatic hydroxyl groups excluding tert-OH is 1. The number of likely N-dealkylation sites (tertiary alicyclic amines) is 1. The highest BCUT2D eigenvalue weighted by Crippen LogP contribution is 2.44. The van der Waals surface area contributed by atoms with Crippen molar-refractivity contribution in [1.82, 2.24) is 4.90 Å². The van der Waals surface area contributed by atoms with E-state index in [0.717, 1.165) is 12.1 Å². The summed E-state index contributed by atoms with van der Waals surface area (Å²) in [6.45, 7) is 5.22. The second kappa shape index (κ2) is 6.50. The maximum atomic E-state index is 10.5. The van der Waals surface area contributed by atoms with Gasteiger partial charge in [-0.15, -0.1) is 0 Å². The normalized spacial score (nSPS) is 24.1.